The Morgan fingerprint density at radius 2 is 1.64 bits per heavy atom. The second-order valence-corrected chi connectivity index (χ2v) is 16.2. The van der Waals surface area contributed by atoms with Crippen LogP contribution in [0.25, 0.3) is 27.6 Å². The van der Waals surface area contributed by atoms with E-state index in [1.807, 2.05) is 0 Å². The minimum atomic E-state index is -4.00. The van der Waals surface area contributed by atoms with Crippen LogP contribution in [0, 0.1) is 11.6 Å². The zero-order valence-corrected chi connectivity index (χ0v) is 33.0. The summed E-state index contributed by atoms with van der Waals surface area (Å²) in [5, 5.41) is 7.63. The number of halogens is 3. The summed E-state index contributed by atoms with van der Waals surface area (Å²) >= 11 is 6.84. The zero-order chi connectivity index (χ0) is 40.7. The van der Waals surface area contributed by atoms with Crippen molar-refractivity contribution in [3.05, 3.63) is 111 Å². The monoisotopic (exact) mass is 809 g/mol. The van der Waals surface area contributed by atoms with Crippen LogP contribution in [0.4, 0.5) is 19.4 Å². The van der Waals surface area contributed by atoms with Gasteiger partial charge in [-0.25, -0.2) is 36.3 Å². The van der Waals surface area contributed by atoms with E-state index in [2.05, 4.69) is 15.4 Å². The number of benzene rings is 3. The summed E-state index contributed by atoms with van der Waals surface area (Å²) < 4.78 is 75.7. The van der Waals surface area contributed by atoms with Gasteiger partial charge in [-0.1, -0.05) is 23.7 Å². The Morgan fingerprint density at radius 1 is 0.982 bits per heavy atom. The third kappa shape index (κ3) is 8.38. The van der Waals surface area contributed by atoms with Crippen LogP contribution >= 0.6 is 11.6 Å². The first-order chi connectivity index (χ1) is 26.4. The lowest BCUT2D eigenvalue weighted by Gasteiger charge is -2.26. The molecule has 6 aromatic rings. The maximum absolute atomic E-state index is 14.7. The highest BCUT2D eigenvalue weighted by Gasteiger charge is 2.31. The van der Waals surface area contributed by atoms with Gasteiger partial charge in [0.2, 0.25) is 10.0 Å². The third-order valence-electron chi connectivity index (χ3n) is 8.57. The highest BCUT2D eigenvalue weighted by molar-refractivity contribution is 7.92. The number of hydrogen-bond acceptors (Lipinski definition) is 10. The lowest BCUT2D eigenvalue weighted by Crippen LogP contribution is -2.39. The SMILES string of the molecule is COc1ccc(CN(c2nn(C)c3c(-n4c([C@H](Cc5cc(F)cc(F)c5)NC(=O)OC(C)(C)C)nc5cc(OC)cnc5c4=O)ccc(Cl)c23)S(C)(=O)=O)cc1. The van der Waals surface area contributed by atoms with Crippen molar-refractivity contribution in [2.45, 2.75) is 45.4 Å². The summed E-state index contributed by atoms with van der Waals surface area (Å²) in [5.41, 5.74) is -0.591. The number of anilines is 1. The second-order valence-electron chi connectivity index (χ2n) is 13.9. The van der Waals surface area contributed by atoms with Gasteiger partial charge in [-0.15, -0.1) is 0 Å². The number of sulfonamides is 1. The van der Waals surface area contributed by atoms with E-state index in [1.54, 1.807) is 52.1 Å². The lowest BCUT2D eigenvalue weighted by molar-refractivity contribution is 0.0500. The van der Waals surface area contributed by atoms with Crippen molar-refractivity contribution in [1.82, 2.24) is 29.6 Å². The summed E-state index contributed by atoms with van der Waals surface area (Å²) in [7, 11) is 0.481. The fraction of sp³-hybridized carbons (Fsp3) is 0.289. The van der Waals surface area contributed by atoms with E-state index < -0.39 is 45.0 Å². The Hall–Kier alpha value is -5.81. The van der Waals surface area contributed by atoms with E-state index in [1.165, 1.54) is 47.9 Å². The zero-order valence-electron chi connectivity index (χ0n) is 31.4. The number of hydrogen-bond donors (Lipinski definition) is 1. The average Bonchev–Trinajstić information content (AvgIpc) is 3.46. The maximum Gasteiger partial charge on any atom is 0.408 e. The largest absolute Gasteiger partial charge is 0.497 e. The molecule has 0 aliphatic heterocycles. The number of amides is 1. The third-order valence-corrected chi connectivity index (χ3v) is 9.99. The fourth-order valence-corrected chi connectivity index (χ4v) is 7.27. The minimum absolute atomic E-state index is 0.0301. The highest BCUT2D eigenvalue weighted by atomic mass is 35.5. The summed E-state index contributed by atoms with van der Waals surface area (Å²) in [5.74, 6) is -0.993. The predicted octanol–water partition coefficient (Wildman–Crippen LogP) is 6.39. The van der Waals surface area contributed by atoms with Gasteiger partial charge < -0.3 is 19.5 Å². The second kappa shape index (κ2) is 15.4. The summed E-state index contributed by atoms with van der Waals surface area (Å²) in [6, 6.07) is 12.9. The molecule has 3 aromatic heterocycles. The molecule has 1 atom stereocenters. The topological polar surface area (TPSA) is 160 Å². The standard InChI is InChI=1S/C38H38ClF2N7O7S/c1-38(2,3)55-37(50)44-29(16-22-14-23(40)17-24(41)15-22)34-43-28-18-26(54-6)19-42-32(28)36(49)48(34)30-13-12-27(39)31-33(30)46(4)45-35(31)47(56(7,51)52)20-21-8-10-25(53-5)11-9-21/h8-15,17-19,29H,16,20H2,1-7H3,(H,44,50)/t29-/m0/s1. The number of carbonyl (C=O) groups excluding carboxylic acids is 1. The van der Waals surface area contributed by atoms with E-state index in [0.717, 1.165) is 22.7 Å². The number of ether oxygens (including phenoxy) is 3. The molecule has 3 aromatic carbocycles. The van der Waals surface area contributed by atoms with Gasteiger partial charge in [0.1, 0.15) is 40.1 Å². The summed E-state index contributed by atoms with van der Waals surface area (Å²) in [6.07, 6.45) is 1.20. The Bertz CT molecular complexity index is 2630. The molecule has 14 nitrogen and oxygen atoms in total. The smallest absolute Gasteiger partial charge is 0.408 e. The molecule has 1 N–H and O–H groups in total. The van der Waals surface area contributed by atoms with Crippen LogP contribution in [0.5, 0.6) is 11.5 Å². The Kier molecular flexibility index (Phi) is 10.9. The molecule has 1 amide bonds. The van der Waals surface area contributed by atoms with Crippen LogP contribution < -0.4 is 24.7 Å². The van der Waals surface area contributed by atoms with Gasteiger partial charge in [0.05, 0.1) is 60.9 Å². The molecule has 56 heavy (non-hydrogen) atoms. The summed E-state index contributed by atoms with van der Waals surface area (Å²) in [6.45, 7) is 4.84. The maximum atomic E-state index is 14.7. The number of methoxy groups -OCH3 is 2. The predicted molar refractivity (Wildman–Crippen MR) is 207 cm³/mol. The Morgan fingerprint density at radius 3 is 2.25 bits per heavy atom. The van der Waals surface area contributed by atoms with Gasteiger partial charge in [-0.05, 0) is 68.3 Å². The first kappa shape index (κ1) is 39.9. The number of pyridine rings is 1. The Labute approximate surface area is 325 Å². The Balaban J connectivity index is 1.64. The number of alkyl carbamates (subject to hydrolysis) is 1. The molecule has 0 unspecified atom stereocenters. The van der Waals surface area contributed by atoms with Crippen molar-refractivity contribution >= 4 is 55.5 Å². The molecule has 18 heteroatoms. The van der Waals surface area contributed by atoms with Gasteiger partial charge >= 0.3 is 6.09 Å². The molecule has 0 fully saturated rings. The molecule has 0 bridgehead atoms. The van der Waals surface area contributed by atoms with E-state index in [9.17, 15) is 26.8 Å². The van der Waals surface area contributed by atoms with Crippen molar-refractivity contribution < 1.29 is 36.2 Å². The van der Waals surface area contributed by atoms with Crippen LogP contribution in [0.15, 0.2) is 71.7 Å². The van der Waals surface area contributed by atoms with Gasteiger partial charge in [0, 0.05) is 25.6 Å². The molecule has 6 rings (SSSR count). The van der Waals surface area contributed by atoms with Crippen LogP contribution in [0.1, 0.15) is 43.8 Å². The molecule has 0 saturated carbocycles. The molecule has 294 valence electrons. The molecule has 3 heterocycles. The number of aryl methyl sites for hydroxylation is 1. The lowest BCUT2D eigenvalue weighted by atomic mass is 10.0. The van der Waals surface area contributed by atoms with E-state index in [4.69, 9.17) is 30.8 Å². The first-order valence-electron chi connectivity index (χ1n) is 17.0. The van der Waals surface area contributed by atoms with Gasteiger partial charge in [-0.2, -0.15) is 5.10 Å². The van der Waals surface area contributed by atoms with E-state index in [0.29, 0.717) is 17.4 Å². The normalized spacial score (nSPS) is 12.5. The first-order valence-corrected chi connectivity index (χ1v) is 19.3. The molecule has 0 spiro atoms. The van der Waals surface area contributed by atoms with E-state index >= 15 is 0 Å². The minimum Gasteiger partial charge on any atom is -0.497 e. The number of aromatic nitrogens is 5. The quantitative estimate of drug-likeness (QED) is 0.155. The van der Waals surface area contributed by atoms with Crippen molar-refractivity contribution in [3.8, 4) is 17.2 Å². The molecule has 0 aliphatic carbocycles. The highest BCUT2D eigenvalue weighted by Crippen LogP contribution is 2.38. The van der Waals surface area contributed by atoms with E-state index in [-0.39, 0.29) is 68.6 Å². The number of nitrogens with one attached hydrogen (secondary N) is 1. The fourth-order valence-electron chi connectivity index (χ4n) is 6.21. The van der Waals surface area contributed by atoms with Crippen LogP contribution in [-0.2, 0) is 34.8 Å². The van der Waals surface area contributed by atoms with Gasteiger partial charge in [0.15, 0.2) is 11.3 Å². The van der Waals surface area contributed by atoms with Crippen molar-refractivity contribution in [1.29, 1.82) is 0 Å². The van der Waals surface area contributed by atoms with Gasteiger partial charge in [0.25, 0.3) is 5.56 Å². The van der Waals surface area contributed by atoms with Crippen LogP contribution in [0.2, 0.25) is 5.02 Å². The molecule has 0 radical (unpaired) electrons. The molecule has 0 aliphatic rings. The number of rotatable bonds is 11. The molecular formula is C38H38ClF2N7O7S. The summed E-state index contributed by atoms with van der Waals surface area (Å²) in [4.78, 5) is 37.3. The van der Waals surface area contributed by atoms with Crippen LogP contribution in [-0.4, -0.2) is 64.9 Å². The number of carbonyl (C=O) groups is 1. The van der Waals surface area contributed by atoms with Gasteiger partial charge in [-0.3, -0.25) is 14.0 Å². The van der Waals surface area contributed by atoms with Crippen molar-refractivity contribution in [3.63, 3.8) is 0 Å². The number of nitrogens with zero attached hydrogens (tertiary/aromatic N) is 6. The van der Waals surface area contributed by atoms with Crippen LogP contribution in [0.3, 0.4) is 0 Å². The molecular weight excluding hydrogens is 772 g/mol. The van der Waals surface area contributed by atoms with Crippen molar-refractivity contribution in [2.24, 2.45) is 7.05 Å². The number of fused-ring (bicyclic) bond motifs is 2. The molecule has 0 saturated heterocycles. The van der Waals surface area contributed by atoms with Crippen molar-refractivity contribution in [2.75, 3.05) is 24.8 Å². The average molecular weight is 810 g/mol.